The molecule has 2 aromatic carbocycles. The molecule has 2 unspecified atom stereocenters. The third kappa shape index (κ3) is 5.82. The van der Waals surface area contributed by atoms with Crippen molar-refractivity contribution in [3.8, 4) is 11.4 Å². The lowest BCUT2D eigenvalue weighted by Crippen LogP contribution is -2.44. The third-order valence-electron chi connectivity index (χ3n) is 5.68. The quantitative estimate of drug-likeness (QED) is 0.559. The molecule has 1 aliphatic rings. The third-order valence-corrected chi connectivity index (χ3v) is 5.68. The van der Waals surface area contributed by atoms with Gasteiger partial charge in [-0.1, -0.05) is 38.1 Å². The summed E-state index contributed by atoms with van der Waals surface area (Å²) in [6.45, 7) is 5.51. The molecule has 1 N–H and O–H groups in total. The molecule has 3 aromatic rings. The number of halogens is 3. The monoisotopic (exact) mass is 490 g/mol. The van der Waals surface area contributed by atoms with Gasteiger partial charge in [0.15, 0.2) is 5.60 Å². The summed E-state index contributed by atoms with van der Waals surface area (Å²) in [5.74, 6) is 0.00224. The van der Waals surface area contributed by atoms with E-state index >= 15 is 0 Å². The Labute approximate surface area is 202 Å². The van der Waals surface area contributed by atoms with Crippen molar-refractivity contribution in [2.24, 2.45) is 0 Å². The van der Waals surface area contributed by atoms with Crippen molar-refractivity contribution in [1.29, 1.82) is 0 Å². The molecule has 188 valence electrons. The summed E-state index contributed by atoms with van der Waals surface area (Å²) in [4.78, 5) is 16.3. The summed E-state index contributed by atoms with van der Waals surface area (Å²) in [7, 11) is 0. The Morgan fingerprint density at radius 3 is 2.46 bits per heavy atom. The van der Waals surface area contributed by atoms with Crippen LogP contribution in [-0.2, 0) is 5.60 Å². The van der Waals surface area contributed by atoms with Crippen LogP contribution in [-0.4, -0.2) is 56.3 Å². The molecule has 7 nitrogen and oxygen atoms in total. The van der Waals surface area contributed by atoms with Gasteiger partial charge in [-0.3, -0.25) is 4.79 Å². The predicted molar refractivity (Wildman–Crippen MR) is 124 cm³/mol. The number of piperidine rings is 1. The molecule has 10 heteroatoms. The van der Waals surface area contributed by atoms with Crippen LogP contribution in [0, 0.1) is 0 Å². The summed E-state index contributed by atoms with van der Waals surface area (Å²) in [6.07, 6.45) is -0.850. The average Bonchev–Trinajstić information content (AvgIpc) is 3.39. The first-order valence-corrected chi connectivity index (χ1v) is 11.5. The Hall–Kier alpha value is -3.40. The van der Waals surface area contributed by atoms with E-state index < -0.39 is 17.9 Å². The van der Waals surface area contributed by atoms with E-state index in [-0.39, 0.29) is 23.8 Å². The van der Waals surface area contributed by atoms with Crippen molar-refractivity contribution in [1.82, 2.24) is 19.9 Å². The van der Waals surface area contributed by atoms with Crippen LogP contribution < -0.4 is 4.74 Å². The molecular weight excluding hydrogens is 461 g/mol. The molecule has 0 spiro atoms. The number of carbonyl (C=O) groups excluding carboxylic acids is 1. The lowest BCUT2D eigenvalue weighted by molar-refractivity contribution is -0.258. The van der Waals surface area contributed by atoms with Crippen molar-refractivity contribution in [3.63, 3.8) is 0 Å². The molecule has 0 aliphatic carbocycles. The molecule has 35 heavy (non-hydrogen) atoms. The smallest absolute Gasteiger partial charge is 0.421 e. The molecule has 1 saturated heterocycles. The van der Waals surface area contributed by atoms with Crippen molar-refractivity contribution in [2.75, 3.05) is 13.1 Å². The molecule has 1 aliphatic heterocycles. The highest BCUT2D eigenvalue weighted by Gasteiger charge is 2.51. The van der Waals surface area contributed by atoms with Crippen LogP contribution in [0.15, 0.2) is 60.9 Å². The highest BCUT2D eigenvalue weighted by atomic mass is 19.4. The second-order valence-electron chi connectivity index (χ2n) is 8.07. The number of alkyl halides is 3. The Morgan fingerprint density at radius 2 is 1.77 bits per heavy atom. The molecule has 1 amide bonds. The van der Waals surface area contributed by atoms with Crippen molar-refractivity contribution in [2.45, 2.75) is 51.5 Å². The maximum atomic E-state index is 13.3. The van der Waals surface area contributed by atoms with E-state index in [4.69, 9.17) is 4.74 Å². The number of likely N-dealkylation sites (tertiary alicyclic amines) is 1. The number of hydrogen-bond acceptors (Lipinski definition) is 5. The second-order valence-corrected chi connectivity index (χ2v) is 8.07. The predicted octanol–water partition coefficient (Wildman–Crippen LogP) is 4.75. The number of aromatic nitrogens is 3. The minimum atomic E-state index is -4.82. The second kappa shape index (κ2) is 10.9. The average molecular weight is 491 g/mol. The number of carbonyl (C=O) groups is 1. The zero-order chi connectivity index (χ0) is 25.6. The first kappa shape index (κ1) is 26.2. The van der Waals surface area contributed by atoms with Crippen molar-refractivity contribution in [3.05, 3.63) is 72.1 Å². The van der Waals surface area contributed by atoms with Crippen LogP contribution in [0.3, 0.4) is 0 Å². The number of ether oxygens (including phenoxy) is 1. The lowest BCUT2D eigenvalue weighted by Gasteiger charge is -2.33. The van der Waals surface area contributed by atoms with Gasteiger partial charge in [0.2, 0.25) is 0 Å². The number of nitrogens with zero attached hydrogens (tertiary/aromatic N) is 4. The highest BCUT2D eigenvalue weighted by molar-refractivity contribution is 5.97. The molecule has 0 saturated carbocycles. The van der Waals surface area contributed by atoms with E-state index in [1.807, 2.05) is 13.8 Å². The number of para-hydroxylation sites is 1. The van der Waals surface area contributed by atoms with Gasteiger partial charge in [0.25, 0.3) is 5.91 Å². The molecular formula is C25H29F3N4O3. The van der Waals surface area contributed by atoms with Crippen LogP contribution in [0.25, 0.3) is 5.69 Å². The largest absolute Gasteiger partial charge is 0.489 e. The molecule has 0 bridgehead atoms. The summed E-state index contributed by atoms with van der Waals surface area (Å²) in [6, 6.07) is 12.3. The minimum Gasteiger partial charge on any atom is -0.489 e. The van der Waals surface area contributed by atoms with Gasteiger partial charge in [-0.05, 0) is 49.6 Å². The fraction of sp³-hybridized carbons (Fsp3) is 0.400. The minimum absolute atomic E-state index is 0.204. The maximum Gasteiger partial charge on any atom is 0.421 e. The van der Waals surface area contributed by atoms with Gasteiger partial charge in [-0.25, -0.2) is 0 Å². The molecule has 0 radical (unpaired) electrons. The zero-order valence-corrected chi connectivity index (χ0v) is 19.9. The summed E-state index contributed by atoms with van der Waals surface area (Å²) < 4.78 is 45.5. The number of amides is 1. The van der Waals surface area contributed by atoms with Crippen LogP contribution in [0.1, 0.15) is 49.5 Å². The fourth-order valence-electron chi connectivity index (χ4n) is 3.79. The summed E-state index contributed by atoms with van der Waals surface area (Å²) in [5, 5.41) is 18.2. The molecule has 2 heterocycles. The number of benzene rings is 2. The fourth-order valence-corrected chi connectivity index (χ4v) is 3.79. The van der Waals surface area contributed by atoms with Gasteiger partial charge in [-0.15, -0.1) is 0 Å². The molecule has 4 rings (SSSR count). The van der Waals surface area contributed by atoms with E-state index in [2.05, 4.69) is 10.2 Å². The normalized spacial score (nSPS) is 17.7. The first-order chi connectivity index (χ1) is 16.7. The van der Waals surface area contributed by atoms with Crippen LogP contribution in [0.2, 0.25) is 0 Å². The van der Waals surface area contributed by atoms with E-state index in [9.17, 15) is 23.1 Å². The van der Waals surface area contributed by atoms with E-state index in [1.54, 1.807) is 29.2 Å². The Bertz CT molecular complexity index is 1120. The van der Waals surface area contributed by atoms with Gasteiger partial charge >= 0.3 is 6.18 Å². The Balaban J connectivity index is 0.00000167. The van der Waals surface area contributed by atoms with Gasteiger partial charge in [0.1, 0.15) is 11.9 Å². The number of hydrogen-bond donors (Lipinski definition) is 1. The van der Waals surface area contributed by atoms with Crippen molar-refractivity contribution < 1.29 is 27.8 Å². The summed E-state index contributed by atoms with van der Waals surface area (Å²) >= 11 is 0. The Morgan fingerprint density at radius 1 is 1.09 bits per heavy atom. The van der Waals surface area contributed by atoms with Gasteiger partial charge in [0, 0.05) is 6.54 Å². The van der Waals surface area contributed by atoms with Crippen molar-refractivity contribution >= 4 is 5.91 Å². The van der Waals surface area contributed by atoms with Crippen LogP contribution >= 0.6 is 0 Å². The Kier molecular flexibility index (Phi) is 8.16. The zero-order valence-electron chi connectivity index (χ0n) is 19.9. The van der Waals surface area contributed by atoms with E-state index in [0.29, 0.717) is 37.6 Å². The highest BCUT2D eigenvalue weighted by Crippen LogP contribution is 2.39. The number of aliphatic hydroxyl groups is 1. The standard InChI is InChI=1S/C23H23F3N4O3.C2H6/c1-22(32,23(24,25)26)16-6-4-7-17(14-16)33-18-8-5-13-29(15-18)21(31)19-9-2-3-10-20(19)30-27-11-12-28-30;1-2/h2-4,6-7,9-12,14,18,32H,5,8,13,15H2,1H3;1-2H3. The molecule has 1 fully saturated rings. The van der Waals surface area contributed by atoms with Gasteiger partial charge in [-0.2, -0.15) is 28.2 Å². The maximum absolute atomic E-state index is 13.3. The lowest BCUT2D eigenvalue weighted by atomic mass is 9.95. The van der Waals surface area contributed by atoms with Gasteiger partial charge in [0.05, 0.1) is 30.2 Å². The number of rotatable bonds is 5. The van der Waals surface area contributed by atoms with Gasteiger partial charge < -0.3 is 14.7 Å². The van der Waals surface area contributed by atoms with Crippen LogP contribution in [0.4, 0.5) is 13.2 Å². The SMILES string of the molecule is CC.CC(O)(c1cccc(OC2CCCN(C(=O)c3ccccc3-n3nccn3)C2)c1)C(F)(F)F. The molecule has 2 atom stereocenters. The van der Waals surface area contributed by atoms with Crippen LogP contribution in [0.5, 0.6) is 5.75 Å². The topological polar surface area (TPSA) is 80.5 Å². The first-order valence-electron chi connectivity index (χ1n) is 11.5. The summed E-state index contributed by atoms with van der Waals surface area (Å²) in [5.41, 5.74) is -2.31. The van der Waals surface area contributed by atoms with E-state index in [0.717, 1.165) is 0 Å². The molecule has 1 aromatic heterocycles. The van der Waals surface area contributed by atoms with E-state index in [1.165, 1.54) is 41.5 Å².